The maximum absolute atomic E-state index is 13.5. The summed E-state index contributed by atoms with van der Waals surface area (Å²) in [4.78, 5) is 17.6. The zero-order valence-corrected chi connectivity index (χ0v) is 22.9. The van der Waals surface area contributed by atoms with Crippen molar-refractivity contribution in [1.82, 2.24) is 19.3 Å². The first-order valence-corrected chi connectivity index (χ1v) is 13.3. The second-order valence-electron chi connectivity index (χ2n) is 9.35. The Kier molecular flexibility index (Phi) is 9.14. The smallest absolute Gasteiger partial charge is 0.425 e. The number of ether oxygens (including phenoxy) is 3. The van der Waals surface area contributed by atoms with Gasteiger partial charge in [0.15, 0.2) is 11.9 Å². The highest BCUT2D eigenvalue weighted by molar-refractivity contribution is 5.94. The lowest BCUT2D eigenvalue weighted by molar-refractivity contribution is -0.189. The first-order chi connectivity index (χ1) is 19.2. The Labute approximate surface area is 230 Å². The highest BCUT2D eigenvalue weighted by atomic mass is 19.4. The normalized spacial score (nSPS) is 12.7. The summed E-state index contributed by atoms with van der Waals surface area (Å²) in [6, 6.07) is 14.2. The minimum atomic E-state index is -4.61. The van der Waals surface area contributed by atoms with E-state index >= 15 is 0 Å². The van der Waals surface area contributed by atoms with Crippen molar-refractivity contribution >= 4 is 10.8 Å². The van der Waals surface area contributed by atoms with Crippen LogP contribution in [0.15, 0.2) is 59.5 Å². The van der Waals surface area contributed by atoms with Crippen molar-refractivity contribution in [3.63, 3.8) is 0 Å². The molecular weight excluding hydrogens is 525 g/mol. The highest BCUT2D eigenvalue weighted by Crippen LogP contribution is 2.37. The molecule has 0 aliphatic heterocycles. The van der Waals surface area contributed by atoms with Crippen molar-refractivity contribution in [2.24, 2.45) is 0 Å². The summed E-state index contributed by atoms with van der Waals surface area (Å²) in [5.41, 5.74) is 0.776. The number of rotatable bonds is 12. The lowest BCUT2D eigenvalue weighted by atomic mass is 10.1. The third-order valence-corrected chi connectivity index (χ3v) is 6.57. The molecular formula is C29H33F3N4O4. The van der Waals surface area contributed by atoms with Crippen LogP contribution < -0.4 is 15.2 Å². The molecule has 0 spiro atoms. The van der Waals surface area contributed by atoms with Crippen molar-refractivity contribution in [3.8, 4) is 17.3 Å². The molecule has 1 atom stereocenters. The molecule has 0 saturated heterocycles. The number of hydrogen-bond acceptors (Lipinski definition) is 6. The fourth-order valence-electron chi connectivity index (χ4n) is 4.27. The number of halogens is 3. The van der Waals surface area contributed by atoms with Gasteiger partial charge in [-0.05, 0) is 49.8 Å². The fourth-order valence-corrected chi connectivity index (χ4v) is 4.27. The van der Waals surface area contributed by atoms with Crippen LogP contribution in [0.5, 0.6) is 11.6 Å². The quantitative estimate of drug-likeness (QED) is 0.206. The number of fused-ring (bicyclic) bond motifs is 1. The van der Waals surface area contributed by atoms with Gasteiger partial charge in [-0.1, -0.05) is 44.2 Å². The number of benzene rings is 2. The summed E-state index contributed by atoms with van der Waals surface area (Å²) in [5, 5.41) is 5.27. The number of alkyl halides is 3. The van der Waals surface area contributed by atoms with Gasteiger partial charge in [-0.3, -0.25) is 4.57 Å². The Morgan fingerprint density at radius 3 is 2.35 bits per heavy atom. The number of pyridine rings is 1. The third-order valence-electron chi connectivity index (χ3n) is 6.57. The van der Waals surface area contributed by atoms with Gasteiger partial charge in [-0.25, -0.2) is 9.78 Å². The summed E-state index contributed by atoms with van der Waals surface area (Å²) in [6.07, 6.45) is -3.99. The zero-order valence-electron chi connectivity index (χ0n) is 22.9. The molecule has 0 saturated carbocycles. The first kappa shape index (κ1) is 29.1. The number of hydrogen-bond donors (Lipinski definition) is 0. The Morgan fingerprint density at radius 1 is 0.975 bits per heavy atom. The van der Waals surface area contributed by atoms with Crippen LogP contribution in [0.2, 0.25) is 0 Å². The molecule has 0 aliphatic carbocycles. The Balaban J connectivity index is 1.77. The van der Waals surface area contributed by atoms with Crippen LogP contribution in [0.1, 0.15) is 51.9 Å². The zero-order chi connectivity index (χ0) is 28.9. The van der Waals surface area contributed by atoms with E-state index in [-0.39, 0.29) is 30.0 Å². The lowest BCUT2D eigenvalue weighted by Gasteiger charge is -2.21. The second kappa shape index (κ2) is 12.5. The van der Waals surface area contributed by atoms with Crippen molar-refractivity contribution in [2.75, 3.05) is 0 Å². The molecule has 0 bridgehead atoms. The van der Waals surface area contributed by atoms with Crippen LogP contribution in [0.3, 0.4) is 0 Å². The van der Waals surface area contributed by atoms with Crippen LogP contribution in [0, 0.1) is 0 Å². The van der Waals surface area contributed by atoms with E-state index < -0.39 is 18.0 Å². The largest absolute Gasteiger partial charge is 0.480 e. The van der Waals surface area contributed by atoms with Gasteiger partial charge in [0, 0.05) is 18.8 Å². The molecule has 40 heavy (non-hydrogen) atoms. The van der Waals surface area contributed by atoms with E-state index in [0.29, 0.717) is 42.6 Å². The average molecular weight is 559 g/mol. The van der Waals surface area contributed by atoms with Crippen molar-refractivity contribution in [1.29, 1.82) is 0 Å². The maximum atomic E-state index is 13.5. The van der Waals surface area contributed by atoms with Crippen LogP contribution in [-0.4, -0.2) is 37.7 Å². The number of aromatic nitrogens is 4. The standard InChI is InChI=1S/C29H33F3N4O4/c1-5-23(6-2)40-27-26-21(13-14-33-27)15-22(16-24(26)39-19(4)29(30,31)32)36-28(37)35(7-3)25(34-36)18-38-17-20-11-9-8-10-12-20/h8-16,19,23H,5-7,17-18H2,1-4H3/t19-/m0/s1. The lowest BCUT2D eigenvalue weighted by Crippen LogP contribution is -2.31. The van der Waals surface area contributed by atoms with Crippen molar-refractivity contribution < 1.29 is 27.4 Å². The summed E-state index contributed by atoms with van der Waals surface area (Å²) >= 11 is 0. The van der Waals surface area contributed by atoms with Crippen molar-refractivity contribution in [3.05, 3.63) is 76.6 Å². The van der Waals surface area contributed by atoms with E-state index in [1.165, 1.54) is 16.8 Å². The van der Waals surface area contributed by atoms with Crippen LogP contribution >= 0.6 is 0 Å². The van der Waals surface area contributed by atoms with Crippen molar-refractivity contribution in [2.45, 2.75) is 78.7 Å². The molecule has 0 unspecified atom stereocenters. The average Bonchev–Trinajstić information content (AvgIpc) is 3.26. The van der Waals surface area contributed by atoms with Gasteiger partial charge in [-0.15, -0.1) is 5.10 Å². The van der Waals surface area contributed by atoms with Gasteiger partial charge in [0.2, 0.25) is 5.88 Å². The van der Waals surface area contributed by atoms with Gasteiger partial charge < -0.3 is 14.2 Å². The van der Waals surface area contributed by atoms with Crippen LogP contribution in [0.25, 0.3) is 16.5 Å². The molecule has 4 rings (SSSR count). The molecule has 0 fully saturated rings. The second-order valence-corrected chi connectivity index (χ2v) is 9.35. The molecule has 8 nitrogen and oxygen atoms in total. The molecule has 4 aromatic rings. The van der Waals surface area contributed by atoms with Gasteiger partial charge in [0.05, 0.1) is 23.8 Å². The van der Waals surface area contributed by atoms with E-state index in [9.17, 15) is 18.0 Å². The highest BCUT2D eigenvalue weighted by Gasteiger charge is 2.38. The van der Waals surface area contributed by atoms with Gasteiger partial charge >= 0.3 is 11.9 Å². The topological polar surface area (TPSA) is 80.4 Å². The molecule has 2 aromatic carbocycles. The van der Waals surface area contributed by atoms with E-state index in [4.69, 9.17) is 14.2 Å². The summed E-state index contributed by atoms with van der Waals surface area (Å²) < 4.78 is 60.5. The van der Waals surface area contributed by atoms with Gasteiger partial charge in [0.25, 0.3) is 0 Å². The SMILES string of the molecule is CCC(CC)Oc1nccc2cc(-n3nc(COCc4ccccc4)n(CC)c3=O)cc(O[C@@H](C)C(F)(F)F)c12. The molecule has 0 amide bonds. The maximum Gasteiger partial charge on any atom is 0.425 e. The molecule has 0 aliphatic rings. The summed E-state index contributed by atoms with van der Waals surface area (Å²) in [7, 11) is 0. The Morgan fingerprint density at radius 2 is 1.70 bits per heavy atom. The number of nitrogens with zero attached hydrogens (tertiary/aromatic N) is 4. The minimum absolute atomic E-state index is 0.0738. The molecule has 11 heteroatoms. The molecule has 2 heterocycles. The van der Waals surface area contributed by atoms with Gasteiger partial charge in [0.1, 0.15) is 12.4 Å². The summed E-state index contributed by atoms with van der Waals surface area (Å²) in [5.74, 6) is 0.455. The van der Waals surface area contributed by atoms with E-state index in [0.717, 1.165) is 17.2 Å². The van der Waals surface area contributed by atoms with Gasteiger partial charge in [-0.2, -0.15) is 17.9 Å². The monoisotopic (exact) mass is 558 g/mol. The first-order valence-electron chi connectivity index (χ1n) is 13.3. The molecule has 214 valence electrons. The predicted octanol–water partition coefficient (Wildman–Crippen LogP) is 6.22. The fraction of sp³-hybridized carbons (Fsp3) is 0.414. The predicted molar refractivity (Wildman–Crippen MR) is 145 cm³/mol. The van der Waals surface area contributed by atoms with E-state index in [1.54, 1.807) is 19.1 Å². The molecule has 2 aromatic heterocycles. The van der Waals surface area contributed by atoms with E-state index in [2.05, 4.69) is 10.1 Å². The van der Waals surface area contributed by atoms with Crippen LogP contribution in [-0.2, 0) is 24.5 Å². The van der Waals surface area contributed by atoms with Crippen LogP contribution in [0.4, 0.5) is 13.2 Å². The summed E-state index contributed by atoms with van der Waals surface area (Å²) in [6.45, 7) is 7.39. The Bertz CT molecular complexity index is 1480. The Hall–Kier alpha value is -3.86. The molecule has 0 radical (unpaired) electrons. The minimum Gasteiger partial charge on any atom is -0.480 e. The third kappa shape index (κ3) is 6.47. The molecule has 0 N–H and O–H groups in total. The van der Waals surface area contributed by atoms with E-state index in [1.807, 2.05) is 44.2 Å².